The maximum Gasteiger partial charge on any atom is 0.405 e. The van der Waals surface area contributed by atoms with Crippen molar-refractivity contribution in [1.82, 2.24) is 5.32 Å². The first kappa shape index (κ1) is 21.1. The van der Waals surface area contributed by atoms with E-state index in [2.05, 4.69) is 5.32 Å². The number of ether oxygens (including phenoxy) is 3. The Hall–Kier alpha value is -0.900. The molecule has 0 spiro atoms. The number of hydrogen-bond donors (Lipinski definition) is 2. The molecular weight excluding hydrogens is 314 g/mol. The summed E-state index contributed by atoms with van der Waals surface area (Å²) in [6.07, 6.45) is -0.957. The van der Waals surface area contributed by atoms with Crippen molar-refractivity contribution in [1.29, 1.82) is 0 Å². The van der Waals surface area contributed by atoms with Crippen molar-refractivity contribution in [3.63, 3.8) is 0 Å². The third-order valence-electron chi connectivity index (χ3n) is 2.83. The Balaban J connectivity index is 3.80. The summed E-state index contributed by atoms with van der Waals surface area (Å²) in [6.45, 7) is 5.08. The van der Waals surface area contributed by atoms with Crippen molar-refractivity contribution in [2.24, 2.45) is 0 Å². The minimum absolute atomic E-state index is 0.0891. The van der Waals surface area contributed by atoms with Gasteiger partial charge in [0.05, 0.1) is 44.5 Å². The molecule has 9 heteroatoms. The fraction of sp³-hybridized carbons (Fsp3) is 0.923. The zero-order valence-corrected chi connectivity index (χ0v) is 14.3. The summed E-state index contributed by atoms with van der Waals surface area (Å²) in [7, 11) is -1.69. The number of carboxylic acid groups (broad SMARTS) is 1. The van der Waals surface area contributed by atoms with Gasteiger partial charge >= 0.3 is 6.09 Å². The lowest BCUT2D eigenvalue weighted by molar-refractivity contribution is 0.0284. The summed E-state index contributed by atoms with van der Waals surface area (Å²) in [5.74, 6) is -0.178. The molecule has 0 aromatic carbocycles. The van der Waals surface area contributed by atoms with Crippen LogP contribution in [0.5, 0.6) is 0 Å². The first-order valence-corrected chi connectivity index (χ1v) is 8.86. The Morgan fingerprint density at radius 1 is 1.05 bits per heavy atom. The third kappa shape index (κ3) is 12.8. The van der Waals surface area contributed by atoms with Gasteiger partial charge in [0.15, 0.2) is 9.84 Å². The highest BCUT2D eigenvalue weighted by molar-refractivity contribution is 7.91. The maximum atomic E-state index is 11.8. The van der Waals surface area contributed by atoms with Crippen LogP contribution in [-0.2, 0) is 24.0 Å². The summed E-state index contributed by atoms with van der Waals surface area (Å²) >= 11 is 0. The van der Waals surface area contributed by atoms with Crippen LogP contribution in [0.4, 0.5) is 4.79 Å². The predicted molar refractivity (Wildman–Crippen MR) is 82.0 cm³/mol. The quantitative estimate of drug-likeness (QED) is 0.470. The third-order valence-corrected chi connectivity index (χ3v) is 4.44. The van der Waals surface area contributed by atoms with E-state index in [9.17, 15) is 13.2 Å². The van der Waals surface area contributed by atoms with E-state index in [0.29, 0.717) is 26.4 Å². The zero-order valence-electron chi connectivity index (χ0n) is 13.5. The van der Waals surface area contributed by atoms with Gasteiger partial charge in [0.1, 0.15) is 0 Å². The number of nitrogens with one attached hydrogen (secondary N) is 1. The minimum Gasteiger partial charge on any atom is -0.465 e. The zero-order chi connectivity index (χ0) is 17.1. The predicted octanol–water partition coefficient (Wildman–Crippen LogP) is 0.517. The lowest BCUT2D eigenvalue weighted by Gasteiger charge is -2.24. The molecule has 0 saturated carbocycles. The normalized spacial score (nSPS) is 12.3. The maximum absolute atomic E-state index is 11.8. The molecule has 1 amide bonds. The molecule has 22 heavy (non-hydrogen) atoms. The van der Waals surface area contributed by atoms with Crippen LogP contribution in [0.25, 0.3) is 0 Å². The van der Waals surface area contributed by atoms with Gasteiger partial charge in [-0.2, -0.15) is 0 Å². The Morgan fingerprint density at radius 2 is 1.59 bits per heavy atom. The summed E-state index contributed by atoms with van der Waals surface area (Å²) in [5.41, 5.74) is -0.783. The van der Waals surface area contributed by atoms with Crippen molar-refractivity contribution in [3.8, 4) is 0 Å². The van der Waals surface area contributed by atoms with E-state index in [4.69, 9.17) is 19.3 Å². The number of methoxy groups -OCH3 is 1. The Morgan fingerprint density at radius 3 is 2.14 bits per heavy atom. The molecular formula is C13H27NO7S. The second-order valence-corrected chi connectivity index (χ2v) is 7.74. The number of sulfone groups is 1. The summed E-state index contributed by atoms with van der Waals surface area (Å²) in [6, 6.07) is 0. The Bertz CT molecular complexity index is 409. The SMILES string of the molecule is COCCOCCOCCS(=O)(=O)CCC(C)(C)NC(=O)O. The molecule has 0 aromatic heterocycles. The summed E-state index contributed by atoms with van der Waals surface area (Å²) < 4.78 is 38.8. The van der Waals surface area contributed by atoms with Crippen molar-refractivity contribution in [2.45, 2.75) is 25.8 Å². The van der Waals surface area contributed by atoms with Gasteiger partial charge in [-0.15, -0.1) is 0 Å². The molecule has 0 bridgehead atoms. The van der Waals surface area contributed by atoms with Gasteiger partial charge in [-0.3, -0.25) is 0 Å². The van der Waals surface area contributed by atoms with Crippen LogP contribution in [0.1, 0.15) is 20.3 Å². The van der Waals surface area contributed by atoms with Gasteiger partial charge in [0.2, 0.25) is 0 Å². The fourth-order valence-electron chi connectivity index (χ4n) is 1.51. The summed E-state index contributed by atoms with van der Waals surface area (Å²) in [5, 5.41) is 10.9. The van der Waals surface area contributed by atoms with E-state index >= 15 is 0 Å². The van der Waals surface area contributed by atoms with Crippen LogP contribution in [0.3, 0.4) is 0 Å². The van der Waals surface area contributed by atoms with Crippen LogP contribution in [0.15, 0.2) is 0 Å². The van der Waals surface area contributed by atoms with Crippen LogP contribution in [0.2, 0.25) is 0 Å². The molecule has 8 nitrogen and oxygen atoms in total. The smallest absolute Gasteiger partial charge is 0.405 e. The minimum atomic E-state index is -3.27. The van der Waals surface area contributed by atoms with Crippen LogP contribution in [-0.4, -0.2) is 76.8 Å². The molecule has 0 unspecified atom stereocenters. The van der Waals surface area contributed by atoms with Gasteiger partial charge in [-0.1, -0.05) is 0 Å². The van der Waals surface area contributed by atoms with E-state index < -0.39 is 21.5 Å². The molecule has 0 atom stereocenters. The van der Waals surface area contributed by atoms with E-state index in [-0.39, 0.29) is 24.5 Å². The number of amides is 1. The number of hydrogen-bond acceptors (Lipinski definition) is 6. The average Bonchev–Trinajstić information content (AvgIpc) is 2.38. The molecule has 0 radical (unpaired) electrons. The highest BCUT2D eigenvalue weighted by atomic mass is 32.2. The van der Waals surface area contributed by atoms with E-state index in [0.717, 1.165) is 0 Å². The van der Waals surface area contributed by atoms with Gasteiger partial charge in [-0.25, -0.2) is 13.2 Å². The standard InChI is InChI=1S/C13H27NO7S/c1-13(2,14-12(15)16)4-10-22(17,18)11-9-21-8-7-20-6-5-19-3/h14H,4-11H2,1-3H3,(H,15,16). The van der Waals surface area contributed by atoms with Crippen molar-refractivity contribution in [2.75, 3.05) is 51.6 Å². The number of rotatable bonds is 13. The molecule has 0 fully saturated rings. The van der Waals surface area contributed by atoms with Crippen LogP contribution in [0, 0.1) is 0 Å². The van der Waals surface area contributed by atoms with E-state index in [1.54, 1.807) is 21.0 Å². The highest BCUT2D eigenvalue weighted by Gasteiger charge is 2.23. The van der Waals surface area contributed by atoms with Crippen LogP contribution < -0.4 is 5.32 Å². The van der Waals surface area contributed by atoms with E-state index in [1.165, 1.54) is 0 Å². The fourth-order valence-corrected chi connectivity index (χ4v) is 2.91. The second kappa shape index (κ2) is 10.8. The van der Waals surface area contributed by atoms with E-state index in [1.807, 2.05) is 0 Å². The first-order chi connectivity index (χ1) is 10.2. The van der Waals surface area contributed by atoms with Crippen molar-refractivity contribution < 1.29 is 32.5 Å². The van der Waals surface area contributed by atoms with Crippen molar-refractivity contribution in [3.05, 3.63) is 0 Å². The van der Waals surface area contributed by atoms with Gasteiger partial charge in [0, 0.05) is 12.6 Å². The van der Waals surface area contributed by atoms with Crippen molar-refractivity contribution >= 4 is 15.9 Å². The highest BCUT2D eigenvalue weighted by Crippen LogP contribution is 2.10. The van der Waals surface area contributed by atoms with Gasteiger partial charge in [0.25, 0.3) is 0 Å². The molecule has 2 N–H and O–H groups in total. The molecule has 0 aliphatic rings. The largest absolute Gasteiger partial charge is 0.465 e. The Kier molecular flexibility index (Phi) is 10.3. The van der Waals surface area contributed by atoms with Gasteiger partial charge in [-0.05, 0) is 20.3 Å². The lowest BCUT2D eigenvalue weighted by atomic mass is 10.0. The molecule has 0 saturated heterocycles. The van der Waals surface area contributed by atoms with Crippen LogP contribution >= 0.6 is 0 Å². The molecule has 0 aliphatic carbocycles. The molecule has 0 aliphatic heterocycles. The first-order valence-electron chi connectivity index (χ1n) is 7.04. The topological polar surface area (TPSA) is 111 Å². The summed E-state index contributed by atoms with van der Waals surface area (Å²) in [4.78, 5) is 10.6. The second-order valence-electron chi connectivity index (χ2n) is 5.43. The molecule has 0 heterocycles. The Labute approximate surface area is 132 Å². The molecule has 132 valence electrons. The monoisotopic (exact) mass is 341 g/mol. The van der Waals surface area contributed by atoms with Gasteiger partial charge < -0.3 is 24.6 Å². The number of carbonyl (C=O) groups is 1. The average molecular weight is 341 g/mol. The molecule has 0 aromatic rings. The molecule has 0 rings (SSSR count). The lowest BCUT2D eigenvalue weighted by Crippen LogP contribution is -2.44.